The SMILES string of the molecule is Brc1ccc(CNC(c2cccs2)C2CC2)s1. The summed E-state index contributed by atoms with van der Waals surface area (Å²) >= 11 is 7.20. The van der Waals surface area contributed by atoms with Crippen molar-refractivity contribution >= 4 is 38.6 Å². The predicted molar refractivity (Wildman–Crippen MR) is 78.6 cm³/mol. The Morgan fingerprint density at radius 3 is 2.82 bits per heavy atom. The van der Waals surface area contributed by atoms with Gasteiger partial charge < -0.3 is 5.32 Å². The Bertz CT molecular complexity index is 473. The lowest BCUT2D eigenvalue weighted by atomic mass is 10.1. The number of halogens is 1. The predicted octanol–water partition coefficient (Wildman–Crippen LogP) is 4.81. The Balaban J connectivity index is 1.65. The first kappa shape index (κ1) is 11.9. The molecule has 1 aliphatic rings. The molecule has 0 bridgehead atoms. The molecule has 0 aromatic carbocycles. The topological polar surface area (TPSA) is 12.0 Å². The third-order valence-electron chi connectivity index (χ3n) is 3.07. The van der Waals surface area contributed by atoms with E-state index in [0.29, 0.717) is 6.04 Å². The summed E-state index contributed by atoms with van der Waals surface area (Å²) in [6.45, 7) is 0.981. The fraction of sp³-hybridized carbons (Fsp3) is 0.385. The van der Waals surface area contributed by atoms with Crippen LogP contribution in [0.5, 0.6) is 0 Å². The van der Waals surface area contributed by atoms with Crippen molar-refractivity contribution in [2.75, 3.05) is 0 Å². The van der Waals surface area contributed by atoms with E-state index in [0.717, 1.165) is 12.5 Å². The second-order valence-electron chi connectivity index (χ2n) is 4.42. The van der Waals surface area contributed by atoms with Crippen molar-refractivity contribution in [2.45, 2.75) is 25.4 Å². The molecule has 0 radical (unpaired) electrons. The molecular weight excluding hydrogens is 314 g/mol. The summed E-state index contributed by atoms with van der Waals surface area (Å²) in [6.07, 6.45) is 2.76. The Kier molecular flexibility index (Phi) is 3.66. The van der Waals surface area contributed by atoms with Gasteiger partial charge in [0, 0.05) is 22.3 Å². The van der Waals surface area contributed by atoms with E-state index in [-0.39, 0.29) is 0 Å². The van der Waals surface area contributed by atoms with Gasteiger partial charge in [-0.15, -0.1) is 22.7 Å². The molecule has 0 saturated heterocycles. The van der Waals surface area contributed by atoms with E-state index in [4.69, 9.17) is 0 Å². The standard InChI is InChI=1S/C13H14BrNS2/c14-12-6-5-10(17-12)8-15-13(9-3-4-9)11-2-1-7-16-11/h1-2,5-7,9,13,15H,3-4,8H2. The maximum absolute atomic E-state index is 3.71. The average molecular weight is 328 g/mol. The molecule has 1 fully saturated rings. The summed E-state index contributed by atoms with van der Waals surface area (Å²) in [7, 11) is 0. The maximum atomic E-state index is 3.71. The lowest BCUT2D eigenvalue weighted by molar-refractivity contribution is 0.490. The van der Waals surface area contributed by atoms with E-state index in [1.54, 1.807) is 0 Å². The molecule has 2 aromatic rings. The van der Waals surface area contributed by atoms with Crippen molar-refractivity contribution < 1.29 is 0 Å². The second kappa shape index (κ2) is 5.22. The average Bonchev–Trinajstić information content (AvgIpc) is 2.85. The van der Waals surface area contributed by atoms with Crippen LogP contribution in [-0.2, 0) is 6.54 Å². The highest BCUT2D eigenvalue weighted by Crippen LogP contribution is 2.42. The first-order valence-corrected chi connectivity index (χ1v) is 8.33. The minimum Gasteiger partial charge on any atom is -0.304 e. The van der Waals surface area contributed by atoms with E-state index in [1.165, 1.54) is 26.4 Å². The second-order valence-corrected chi connectivity index (χ2v) is 7.94. The summed E-state index contributed by atoms with van der Waals surface area (Å²) in [5.74, 6) is 0.858. The van der Waals surface area contributed by atoms with Gasteiger partial charge in [0.25, 0.3) is 0 Å². The van der Waals surface area contributed by atoms with Gasteiger partial charge in [0.15, 0.2) is 0 Å². The van der Waals surface area contributed by atoms with Crippen molar-refractivity contribution in [1.29, 1.82) is 0 Å². The van der Waals surface area contributed by atoms with Crippen molar-refractivity contribution in [3.63, 3.8) is 0 Å². The summed E-state index contributed by atoms with van der Waals surface area (Å²) in [4.78, 5) is 2.89. The van der Waals surface area contributed by atoms with Gasteiger partial charge in [0.2, 0.25) is 0 Å². The third-order valence-corrected chi connectivity index (χ3v) is 5.65. The fourth-order valence-electron chi connectivity index (χ4n) is 2.05. The van der Waals surface area contributed by atoms with Crippen LogP contribution in [0, 0.1) is 5.92 Å². The zero-order valence-corrected chi connectivity index (χ0v) is 12.6. The summed E-state index contributed by atoms with van der Waals surface area (Å²) < 4.78 is 1.22. The van der Waals surface area contributed by atoms with Crippen LogP contribution in [0.3, 0.4) is 0 Å². The van der Waals surface area contributed by atoms with E-state index < -0.39 is 0 Å². The highest BCUT2D eigenvalue weighted by atomic mass is 79.9. The molecule has 2 heterocycles. The van der Waals surface area contributed by atoms with Gasteiger partial charge in [-0.2, -0.15) is 0 Å². The van der Waals surface area contributed by atoms with E-state index in [2.05, 4.69) is 50.9 Å². The molecule has 3 rings (SSSR count). The van der Waals surface area contributed by atoms with Crippen molar-refractivity contribution in [2.24, 2.45) is 5.92 Å². The van der Waals surface area contributed by atoms with Crippen LogP contribution in [0.25, 0.3) is 0 Å². The van der Waals surface area contributed by atoms with Crippen LogP contribution in [0.15, 0.2) is 33.4 Å². The van der Waals surface area contributed by atoms with Gasteiger partial charge in [-0.3, -0.25) is 0 Å². The molecule has 1 N–H and O–H groups in total. The lowest BCUT2D eigenvalue weighted by Gasteiger charge is -2.16. The zero-order chi connectivity index (χ0) is 11.7. The summed E-state index contributed by atoms with van der Waals surface area (Å²) in [5.41, 5.74) is 0. The molecular formula is C13H14BrNS2. The highest BCUT2D eigenvalue weighted by Gasteiger charge is 2.32. The van der Waals surface area contributed by atoms with Gasteiger partial charge in [-0.1, -0.05) is 6.07 Å². The van der Waals surface area contributed by atoms with Crippen LogP contribution < -0.4 is 5.32 Å². The van der Waals surface area contributed by atoms with Crippen LogP contribution in [0.1, 0.15) is 28.6 Å². The molecule has 1 nitrogen and oxygen atoms in total. The first-order chi connectivity index (χ1) is 8.33. The minimum absolute atomic E-state index is 0.566. The van der Waals surface area contributed by atoms with Gasteiger partial charge in [-0.05, 0) is 58.3 Å². The van der Waals surface area contributed by atoms with E-state index in [1.807, 2.05) is 22.7 Å². The van der Waals surface area contributed by atoms with Gasteiger partial charge in [0.05, 0.1) is 3.79 Å². The Hall–Kier alpha value is -0.160. The van der Waals surface area contributed by atoms with Crippen molar-refractivity contribution in [3.05, 3.63) is 43.2 Å². The Labute approximate surface area is 118 Å². The molecule has 17 heavy (non-hydrogen) atoms. The number of rotatable bonds is 5. The number of nitrogens with one attached hydrogen (secondary N) is 1. The Morgan fingerprint density at radius 2 is 2.24 bits per heavy atom. The molecule has 0 amide bonds. The number of thiophene rings is 2. The van der Waals surface area contributed by atoms with Gasteiger partial charge >= 0.3 is 0 Å². The molecule has 1 saturated carbocycles. The minimum atomic E-state index is 0.566. The monoisotopic (exact) mass is 327 g/mol. The maximum Gasteiger partial charge on any atom is 0.0701 e. The first-order valence-electron chi connectivity index (χ1n) is 5.84. The molecule has 1 aliphatic carbocycles. The van der Waals surface area contributed by atoms with E-state index in [9.17, 15) is 0 Å². The van der Waals surface area contributed by atoms with Crippen molar-refractivity contribution in [3.8, 4) is 0 Å². The molecule has 0 spiro atoms. The number of hydrogen-bond acceptors (Lipinski definition) is 3. The largest absolute Gasteiger partial charge is 0.304 e. The lowest BCUT2D eigenvalue weighted by Crippen LogP contribution is -2.21. The molecule has 2 aromatic heterocycles. The van der Waals surface area contributed by atoms with Crippen LogP contribution in [-0.4, -0.2) is 0 Å². The van der Waals surface area contributed by atoms with Gasteiger partial charge in [-0.25, -0.2) is 0 Å². The molecule has 4 heteroatoms. The smallest absolute Gasteiger partial charge is 0.0701 e. The third kappa shape index (κ3) is 2.99. The molecule has 90 valence electrons. The summed E-state index contributed by atoms with van der Waals surface area (Å²) in [5, 5.41) is 5.89. The summed E-state index contributed by atoms with van der Waals surface area (Å²) in [6, 6.07) is 9.29. The molecule has 1 unspecified atom stereocenters. The van der Waals surface area contributed by atoms with Gasteiger partial charge in [0.1, 0.15) is 0 Å². The zero-order valence-electron chi connectivity index (χ0n) is 9.36. The quantitative estimate of drug-likeness (QED) is 0.830. The van der Waals surface area contributed by atoms with Crippen LogP contribution in [0.4, 0.5) is 0 Å². The fourth-order valence-corrected chi connectivity index (χ4v) is 4.38. The van der Waals surface area contributed by atoms with Crippen molar-refractivity contribution in [1.82, 2.24) is 5.32 Å². The van der Waals surface area contributed by atoms with Crippen LogP contribution >= 0.6 is 38.6 Å². The van der Waals surface area contributed by atoms with E-state index >= 15 is 0 Å². The molecule has 0 aliphatic heterocycles. The normalized spacial score (nSPS) is 17.2. The Morgan fingerprint density at radius 1 is 1.35 bits per heavy atom. The van der Waals surface area contributed by atoms with Crippen LogP contribution in [0.2, 0.25) is 0 Å². The number of hydrogen-bond donors (Lipinski definition) is 1. The highest BCUT2D eigenvalue weighted by molar-refractivity contribution is 9.11. The molecule has 1 atom stereocenters.